The highest BCUT2D eigenvalue weighted by Gasteiger charge is 2.30. The predicted octanol–water partition coefficient (Wildman–Crippen LogP) is 3.02. The highest BCUT2D eigenvalue weighted by Crippen LogP contribution is 2.33. The van der Waals surface area contributed by atoms with Gasteiger partial charge >= 0.3 is 0 Å². The average Bonchev–Trinajstić information content (AvgIpc) is 2.41. The molecule has 3 nitrogen and oxygen atoms in total. The Bertz CT molecular complexity index is 375. The highest BCUT2D eigenvalue weighted by atomic mass is 16.5. The first kappa shape index (κ1) is 13.5. The fourth-order valence-electron chi connectivity index (χ4n) is 2.97. The molecule has 0 spiro atoms. The van der Waals surface area contributed by atoms with Crippen LogP contribution < -0.4 is 0 Å². The van der Waals surface area contributed by atoms with E-state index in [0.717, 1.165) is 24.0 Å². The Balaban J connectivity index is 2.11. The topological polar surface area (TPSA) is 42.4 Å². The number of aliphatic hydroxyl groups is 1. The molecule has 18 heavy (non-hydrogen) atoms. The minimum Gasteiger partial charge on any atom is -0.386 e. The highest BCUT2D eigenvalue weighted by molar-refractivity contribution is 5.20. The van der Waals surface area contributed by atoms with Gasteiger partial charge in [-0.3, -0.25) is 4.98 Å². The number of hydrogen-bond acceptors (Lipinski definition) is 3. The van der Waals surface area contributed by atoms with Crippen LogP contribution in [0.1, 0.15) is 49.3 Å². The summed E-state index contributed by atoms with van der Waals surface area (Å²) in [5.41, 5.74) is 1.94. The fourth-order valence-corrected chi connectivity index (χ4v) is 2.97. The van der Waals surface area contributed by atoms with E-state index in [1.807, 2.05) is 13.0 Å². The Morgan fingerprint density at radius 3 is 2.61 bits per heavy atom. The molecule has 0 aromatic carbocycles. The first-order chi connectivity index (χ1) is 8.72. The molecule has 100 valence electrons. The summed E-state index contributed by atoms with van der Waals surface area (Å²) in [6, 6.07) is 1.99. The monoisotopic (exact) mass is 249 g/mol. The summed E-state index contributed by atoms with van der Waals surface area (Å²) in [5.74, 6) is 0.472. The lowest BCUT2D eigenvalue weighted by Gasteiger charge is -2.32. The molecule has 0 amide bonds. The molecule has 0 aliphatic heterocycles. The molecule has 1 saturated carbocycles. The van der Waals surface area contributed by atoms with Gasteiger partial charge in [0.2, 0.25) is 0 Å². The van der Waals surface area contributed by atoms with Crippen molar-refractivity contribution in [3.63, 3.8) is 0 Å². The zero-order valence-electron chi connectivity index (χ0n) is 11.3. The predicted molar refractivity (Wildman–Crippen MR) is 71.3 cm³/mol. The number of aryl methyl sites for hydroxylation is 1. The van der Waals surface area contributed by atoms with Crippen molar-refractivity contribution in [2.24, 2.45) is 5.92 Å². The summed E-state index contributed by atoms with van der Waals surface area (Å²) in [5, 5.41) is 10.5. The van der Waals surface area contributed by atoms with Gasteiger partial charge in [0.15, 0.2) is 0 Å². The number of ether oxygens (including phenoxy) is 1. The maximum atomic E-state index is 10.5. The van der Waals surface area contributed by atoms with Gasteiger partial charge in [0.25, 0.3) is 0 Å². The van der Waals surface area contributed by atoms with Crippen molar-refractivity contribution in [3.8, 4) is 0 Å². The number of nitrogens with zero attached hydrogens (tertiary/aromatic N) is 1. The van der Waals surface area contributed by atoms with Crippen LogP contribution in [0.2, 0.25) is 0 Å². The van der Waals surface area contributed by atoms with E-state index in [4.69, 9.17) is 4.74 Å². The first-order valence-electron chi connectivity index (χ1n) is 6.85. The molecule has 1 N–H and O–H groups in total. The van der Waals surface area contributed by atoms with Gasteiger partial charge < -0.3 is 9.84 Å². The van der Waals surface area contributed by atoms with Crippen molar-refractivity contribution < 1.29 is 9.84 Å². The second-order valence-corrected chi connectivity index (χ2v) is 5.34. The van der Waals surface area contributed by atoms with Crippen LogP contribution in [-0.4, -0.2) is 23.3 Å². The lowest BCUT2D eigenvalue weighted by molar-refractivity contribution is -0.0560. The van der Waals surface area contributed by atoms with Gasteiger partial charge in [0.1, 0.15) is 6.10 Å². The molecular formula is C15H23NO2. The van der Waals surface area contributed by atoms with E-state index in [9.17, 15) is 5.11 Å². The van der Waals surface area contributed by atoms with Crippen molar-refractivity contribution >= 4 is 0 Å². The van der Waals surface area contributed by atoms with Gasteiger partial charge in [-0.25, -0.2) is 0 Å². The van der Waals surface area contributed by atoms with E-state index in [-0.39, 0.29) is 6.10 Å². The Morgan fingerprint density at radius 1 is 1.28 bits per heavy atom. The van der Waals surface area contributed by atoms with E-state index in [0.29, 0.717) is 5.92 Å². The fraction of sp³-hybridized carbons (Fsp3) is 0.667. The molecule has 1 aromatic heterocycles. The molecule has 0 bridgehead atoms. The van der Waals surface area contributed by atoms with Crippen molar-refractivity contribution in [3.05, 3.63) is 29.6 Å². The SMILES string of the molecule is COC(C1CCCCC1)C(O)c1cncc(C)c1. The summed E-state index contributed by atoms with van der Waals surface area (Å²) in [7, 11) is 1.70. The lowest BCUT2D eigenvalue weighted by Crippen LogP contribution is -2.31. The van der Waals surface area contributed by atoms with Crippen molar-refractivity contribution in [2.45, 2.75) is 51.2 Å². The second-order valence-electron chi connectivity index (χ2n) is 5.34. The van der Waals surface area contributed by atoms with Crippen LogP contribution in [-0.2, 0) is 4.74 Å². The van der Waals surface area contributed by atoms with Crippen LogP contribution in [0.15, 0.2) is 18.5 Å². The average molecular weight is 249 g/mol. The molecule has 2 atom stereocenters. The summed E-state index contributed by atoms with van der Waals surface area (Å²) < 4.78 is 5.57. The molecule has 0 radical (unpaired) electrons. The van der Waals surface area contributed by atoms with Gasteiger partial charge in [-0.05, 0) is 31.2 Å². The first-order valence-corrected chi connectivity index (χ1v) is 6.85. The maximum absolute atomic E-state index is 10.5. The Labute approximate surface area is 109 Å². The zero-order valence-corrected chi connectivity index (χ0v) is 11.3. The minimum absolute atomic E-state index is 0.103. The van der Waals surface area contributed by atoms with Gasteiger partial charge in [-0.1, -0.05) is 25.3 Å². The van der Waals surface area contributed by atoms with Crippen molar-refractivity contribution in [1.82, 2.24) is 4.98 Å². The summed E-state index contributed by atoms with van der Waals surface area (Å²) in [6.07, 6.45) is 9.02. The van der Waals surface area contributed by atoms with Crippen LogP contribution in [0, 0.1) is 12.8 Å². The number of rotatable bonds is 4. The molecular weight excluding hydrogens is 226 g/mol. The maximum Gasteiger partial charge on any atom is 0.107 e. The molecule has 1 aliphatic carbocycles. The van der Waals surface area contributed by atoms with Crippen molar-refractivity contribution in [1.29, 1.82) is 0 Å². The smallest absolute Gasteiger partial charge is 0.107 e. The van der Waals surface area contributed by atoms with Crippen LogP contribution in [0.4, 0.5) is 0 Å². The number of aliphatic hydroxyl groups excluding tert-OH is 1. The van der Waals surface area contributed by atoms with E-state index in [1.165, 1.54) is 19.3 Å². The van der Waals surface area contributed by atoms with Gasteiger partial charge in [-0.2, -0.15) is 0 Å². The third-order valence-electron chi connectivity index (χ3n) is 3.94. The second kappa shape index (κ2) is 6.30. The number of methoxy groups -OCH3 is 1. The minimum atomic E-state index is -0.564. The quantitative estimate of drug-likeness (QED) is 0.892. The third-order valence-corrected chi connectivity index (χ3v) is 3.94. The molecule has 0 saturated heterocycles. The Morgan fingerprint density at radius 2 is 2.00 bits per heavy atom. The van der Waals surface area contributed by atoms with Crippen LogP contribution in [0.5, 0.6) is 0 Å². The molecule has 1 aromatic rings. The summed E-state index contributed by atoms with van der Waals surface area (Å²) >= 11 is 0. The van der Waals surface area contributed by atoms with Gasteiger partial charge in [0.05, 0.1) is 6.10 Å². The largest absolute Gasteiger partial charge is 0.386 e. The molecule has 3 heteroatoms. The van der Waals surface area contributed by atoms with E-state index < -0.39 is 6.10 Å². The van der Waals surface area contributed by atoms with E-state index >= 15 is 0 Å². The van der Waals surface area contributed by atoms with Crippen LogP contribution >= 0.6 is 0 Å². The van der Waals surface area contributed by atoms with Gasteiger partial charge in [-0.15, -0.1) is 0 Å². The number of aromatic nitrogens is 1. The molecule has 1 fully saturated rings. The van der Waals surface area contributed by atoms with Crippen LogP contribution in [0.3, 0.4) is 0 Å². The summed E-state index contributed by atoms with van der Waals surface area (Å²) in [6.45, 7) is 1.99. The molecule has 2 rings (SSSR count). The standard InChI is InChI=1S/C15H23NO2/c1-11-8-13(10-16-9-11)14(17)15(18-2)12-6-4-3-5-7-12/h8-10,12,14-15,17H,3-7H2,1-2H3. The van der Waals surface area contributed by atoms with Crippen molar-refractivity contribution in [2.75, 3.05) is 7.11 Å². The zero-order chi connectivity index (χ0) is 13.0. The number of pyridine rings is 1. The lowest BCUT2D eigenvalue weighted by atomic mass is 9.82. The number of hydrogen-bond donors (Lipinski definition) is 1. The van der Waals surface area contributed by atoms with E-state index in [1.54, 1.807) is 19.5 Å². The molecule has 1 aliphatic rings. The van der Waals surface area contributed by atoms with Gasteiger partial charge in [0, 0.05) is 25.1 Å². The normalized spacial score (nSPS) is 20.6. The van der Waals surface area contributed by atoms with Crippen LogP contribution in [0.25, 0.3) is 0 Å². The Hall–Kier alpha value is -0.930. The Kier molecular flexibility index (Phi) is 4.72. The summed E-state index contributed by atoms with van der Waals surface area (Å²) in [4.78, 5) is 4.15. The molecule has 1 heterocycles. The molecule has 2 unspecified atom stereocenters. The third kappa shape index (κ3) is 3.09. The van der Waals surface area contributed by atoms with E-state index in [2.05, 4.69) is 4.98 Å².